The van der Waals surface area contributed by atoms with Crippen molar-refractivity contribution >= 4 is 31.6 Å². The molecule has 1 aromatic carbocycles. The van der Waals surface area contributed by atoms with E-state index in [0.717, 1.165) is 10.0 Å². The van der Waals surface area contributed by atoms with Gasteiger partial charge in [0.05, 0.1) is 5.69 Å². The lowest BCUT2D eigenvalue weighted by molar-refractivity contribution is 0.598. The summed E-state index contributed by atoms with van der Waals surface area (Å²) < 4.78 is 29.9. The number of aryl methyl sites for hydroxylation is 2. The Morgan fingerprint density at radius 1 is 1.35 bits per heavy atom. The summed E-state index contributed by atoms with van der Waals surface area (Å²) in [6, 6.07) is 5.37. The van der Waals surface area contributed by atoms with Crippen LogP contribution in [-0.2, 0) is 16.6 Å². The van der Waals surface area contributed by atoms with E-state index in [1.165, 1.54) is 0 Å². The molecule has 0 atom stereocenters. The van der Waals surface area contributed by atoms with Gasteiger partial charge in [-0.3, -0.25) is 4.72 Å². The quantitative estimate of drug-likeness (QED) is 0.914. The van der Waals surface area contributed by atoms with E-state index >= 15 is 0 Å². The summed E-state index contributed by atoms with van der Waals surface area (Å²) in [6.07, 6.45) is 1.55. The Hall–Kier alpha value is -1.34. The number of benzene rings is 1. The molecule has 0 bridgehead atoms. The third-order valence-electron chi connectivity index (χ3n) is 3.08. The third-order valence-corrected chi connectivity index (χ3v) is 5.18. The highest BCUT2D eigenvalue weighted by Gasteiger charge is 2.20. The highest BCUT2D eigenvalue weighted by atomic mass is 79.9. The van der Waals surface area contributed by atoms with Crippen molar-refractivity contribution in [3.05, 3.63) is 40.3 Å². The van der Waals surface area contributed by atoms with Crippen LogP contribution in [0.3, 0.4) is 0 Å². The van der Waals surface area contributed by atoms with Gasteiger partial charge >= 0.3 is 0 Å². The molecule has 0 saturated carbocycles. The summed E-state index contributed by atoms with van der Waals surface area (Å²) in [6.45, 7) is 6.26. The van der Waals surface area contributed by atoms with Gasteiger partial charge < -0.3 is 4.57 Å². The number of imidazole rings is 1. The molecule has 0 radical (unpaired) electrons. The Morgan fingerprint density at radius 3 is 2.65 bits per heavy atom. The first-order valence-corrected chi connectivity index (χ1v) is 8.44. The van der Waals surface area contributed by atoms with Gasteiger partial charge in [0.15, 0.2) is 5.03 Å². The smallest absolute Gasteiger partial charge is 0.280 e. The average molecular weight is 358 g/mol. The van der Waals surface area contributed by atoms with Crippen LogP contribution in [0.4, 0.5) is 5.69 Å². The van der Waals surface area contributed by atoms with Gasteiger partial charge in [0.25, 0.3) is 10.0 Å². The second kappa shape index (κ2) is 5.57. The minimum absolute atomic E-state index is 0.0382. The van der Waals surface area contributed by atoms with Crippen LogP contribution < -0.4 is 4.72 Å². The van der Waals surface area contributed by atoms with Gasteiger partial charge in [-0.15, -0.1) is 0 Å². The third kappa shape index (κ3) is 2.88. The fourth-order valence-corrected chi connectivity index (χ4v) is 3.34. The molecule has 0 aliphatic rings. The zero-order valence-corrected chi connectivity index (χ0v) is 13.9. The maximum absolute atomic E-state index is 12.3. The molecule has 2 aromatic rings. The van der Waals surface area contributed by atoms with Gasteiger partial charge in [-0.1, -0.05) is 22.0 Å². The Bertz CT molecular complexity index is 738. The molecule has 1 N–H and O–H groups in total. The van der Waals surface area contributed by atoms with Crippen molar-refractivity contribution in [3.8, 4) is 0 Å². The summed E-state index contributed by atoms with van der Waals surface area (Å²) in [5.74, 6) is 0.679. The first-order chi connectivity index (χ1) is 9.35. The van der Waals surface area contributed by atoms with E-state index in [1.54, 1.807) is 29.8 Å². The van der Waals surface area contributed by atoms with Gasteiger partial charge in [0.1, 0.15) is 5.82 Å². The predicted octanol–water partition coefficient (Wildman–Crippen LogP) is 3.08. The minimum atomic E-state index is -3.67. The number of nitrogens with one attached hydrogen (secondary N) is 1. The number of nitrogens with zero attached hydrogens (tertiary/aromatic N) is 2. The minimum Gasteiger partial charge on any atom is -0.334 e. The molecule has 0 spiro atoms. The maximum atomic E-state index is 12.3. The molecule has 2 rings (SSSR count). The van der Waals surface area contributed by atoms with Crippen LogP contribution in [0.5, 0.6) is 0 Å². The van der Waals surface area contributed by atoms with E-state index in [-0.39, 0.29) is 5.03 Å². The Kier molecular flexibility index (Phi) is 4.19. The van der Waals surface area contributed by atoms with Crippen molar-refractivity contribution in [2.75, 3.05) is 4.72 Å². The lowest BCUT2D eigenvalue weighted by Gasteiger charge is -2.09. The highest BCUT2D eigenvalue weighted by molar-refractivity contribution is 9.10. The van der Waals surface area contributed by atoms with Crippen molar-refractivity contribution in [2.45, 2.75) is 32.3 Å². The molecule has 1 aromatic heterocycles. The van der Waals surface area contributed by atoms with Gasteiger partial charge in [-0.2, -0.15) is 8.42 Å². The van der Waals surface area contributed by atoms with E-state index in [4.69, 9.17) is 0 Å². The fourth-order valence-electron chi connectivity index (χ4n) is 1.84. The standard InChI is InChI=1S/C13H16BrN3O2S/c1-4-17-8-13(15-10(17)3)20(18,19)16-12-7-5-6-11(14)9(12)2/h5-8,16H,4H2,1-3H3. The van der Waals surface area contributed by atoms with Crippen LogP contribution in [-0.4, -0.2) is 18.0 Å². The second-order valence-corrected chi connectivity index (χ2v) is 6.91. The monoisotopic (exact) mass is 357 g/mol. The second-order valence-electron chi connectivity index (χ2n) is 4.43. The zero-order valence-electron chi connectivity index (χ0n) is 11.5. The number of hydrogen-bond donors (Lipinski definition) is 1. The maximum Gasteiger partial charge on any atom is 0.280 e. The fraction of sp³-hybridized carbons (Fsp3) is 0.308. The number of halogens is 1. The molecule has 0 unspecified atom stereocenters. The van der Waals surface area contributed by atoms with Crippen molar-refractivity contribution in [1.82, 2.24) is 9.55 Å². The normalized spacial score (nSPS) is 11.6. The molecule has 0 fully saturated rings. The van der Waals surface area contributed by atoms with Crippen molar-refractivity contribution in [3.63, 3.8) is 0 Å². The van der Waals surface area contributed by atoms with Gasteiger partial charge in [-0.05, 0) is 38.5 Å². The summed E-state index contributed by atoms with van der Waals surface area (Å²) in [5, 5.41) is 0.0382. The molecular weight excluding hydrogens is 342 g/mol. The molecule has 0 amide bonds. The van der Waals surface area contributed by atoms with E-state index in [9.17, 15) is 8.42 Å². The van der Waals surface area contributed by atoms with Crippen LogP contribution in [0.2, 0.25) is 0 Å². The van der Waals surface area contributed by atoms with E-state index in [0.29, 0.717) is 18.1 Å². The first kappa shape index (κ1) is 15.1. The van der Waals surface area contributed by atoms with Crippen LogP contribution in [0.15, 0.2) is 33.9 Å². The lowest BCUT2D eigenvalue weighted by atomic mass is 10.2. The first-order valence-electron chi connectivity index (χ1n) is 6.17. The molecule has 0 aliphatic carbocycles. The molecular formula is C13H16BrN3O2S. The summed E-state index contributed by atoms with van der Waals surface area (Å²) in [7, 11) is -3.67. The number of rotatable bonds is 4. The SMILES string of the molecule is CCn1cc(S(=O)(=O)Nc2cccc(Br)c2C)nc1C. The summed E-state index contributed by atoms with van der Waals surface area (Å²) in [5.41, 5.74) is 1.38. The molecule has 1 heterocycles. The van der Waals surface area contributed by atoms with Crippen LogP contribution >= 0.6 is 15.9 Å². The van der Waals surface area contributed by atoms with Crippen molar-refractivity contribution in [1.29, 1.82) is 0 Å². The van der Waals surface area contributed by atoms with Gasteiger partial charge in [-0.25, -0.2) is 4.98 Å². The van der Waals surface area contributed by atoms with Crippen molar-refractivity contribution < 1.29 is 8.42 Å². The van der Waals surface area contributed by atoms with E-state index in [1.807, 2.05) is 19.9 Å². The Labute approximate surface area is 127 Å². The molecule has 108 valence electrons. The van der Waals surface area contributed by atoms with Crippen LogP contribution in [0.1, 0.15) is 18.3 Å². The van der Waals surface area contributed by atoms with E-state index < -0.39 is 10.0 Å². The Morgan fingerprint density at radius 2 is 2.05 bits per heavy atom. The molecule has 5 nitrogen and oxygen atoms in total. The topological polar surface area (TPSA) is 64.0 Å². The molecule has 0 saturated heterocycles. The number of hydrogen-bond acceptors (Lipinski definition) is 3. The summed E-state index contributed by atoms with van der Waals surface area (Å²) >= 11 is 3.38. The van der Waals surface area contributed by atoms with Crippen molar-refractivity contribution in [2.24, 2.45) is 0 Å². The van der Waals surface area contributed by atoms with E-state index in [2.05, 4.69) is 25.6 Å². The zero-order chi connectivity index (χ0) is 14.9. The molecule has 0 aliphatic heterocycles. The Balaban J connectivity index is 2.38. The molecule has 7 heteroatoms. The number of anilines is 1. The van der Waals surface area contributed by atoms with Gasteiger partial charge in [0.2, 0.25) is 0 Å². The average Bonchev–Trinajstić information content (AvgIpc) is 2.77. The number of sulfonamides is 1. The largest absolute Gasteiger partial charge is 0.334 e. The molecule has 20 heavy (non-hydrogen) atoms. The number of aromatic nitrogens is 2. The lowest BCUT2D eigenvalue weighted by Crippen LogP contribution is -2.14. The summed E-state index contributed by atoms with van der Waals surface area (Å²) in [4.78, 5) is 4.10. The van der Waals surface area contributed by atoms with Crippen LogP contribution in [0.25, 0.3) is 0 Å². The highest BCUT2D eigenvalue weighted by Crippen LogP contribution is 2.25. The predicted molar refractivity (Wildman–Crippen MR) is 82.3 cm³/mol. The van der Waals surface area contributed by atoms with Gasteiger partial charge in [0, 0.05) is 17.2 Å². The van der Waals surface area contributed by atoms with Crippen LogP contribution in [0, 0.1) is 13.8 Å².